The Morgan fingerprint density at radius 3 is 3.00 bits per heavy atom. The van der Waals surface area contributed by atoms with Crippen LogP contribution >= 0.6 is 0 Å². The molecule has 0 spiro atoms. The van der Waals surface area contributed by atoms with Gasteiger partial charge in [-0.15, -0.1) is 0 Å². The van der Waals surface area contributed by atoms with E-state index in [1.165, 1.54) is 0 Å². The van der Waals surface area contributed by atoms with E-state index in [-0.39, 0.29) is 5.91 Å². The van der Waals surface area contributed by atoms with Crippen molar-refractivity contribution in [2.75, 3.05) is 33.4 Å². The van der Waals surface area contributed by atoms with Crippen LogP contribution in [0.25, 0.3) is 0 Å². The summed E-state index contributed by atoms with van der Waals surface area (Å²) in [4.78, 5) is 13.9. The molecule has 1 fully saturated rings. The third-order valence-corrected chi connectivity index (χ3v) is 2.80. The molecule has 4 nitrogen and oxygen atoms in total. The van der Waals surface area contributed by atoms with Crippen molar-refractivity contribution in [3.8, 4) is 0 Å². The first-order valence-electron chi connectivity index (χ1n) is 5.64. The molecule has 0 aliphatic carbocycles. The Morgan fingerprint density at radius 1 is 1.67 bits per heavy atom. The van der Waals surface area contributed by atoms with Crippen molar-refractivity contribution in [3.63, 3.8) is 0 Å². The lowest BCUT2D eigenvalue weighted by atomic mass is 10.1. The first-order valence-corrected chi connectivity index (χ1v) is 5.64. The van der Waals surface area contributed by atoms with E-state index in [9.17, 15) is 4.79 Å². The third kappa shape index (κ3) is 3.80. The summed E-state index contributed by atoms with van der Waals surface area (Å²) in [5, 5.41) is 3.28. The lowest BCUT2D eigenvalue weighted by Crippen LogP contribution is -2.52. The summed E-state index contributed by atoms with van der Waals surface area (Å²) in [5.41, 5.74) is 0. The smallest absolute Gasteiger partial charge is 0.223 e. The van der Waals surface area contributed by atoms with Gasteiger partial charge in [-0.25, -0.2) is 0 Å². The predicted molar refractivity (Wildman–Crippen MR) is 59.7 cm³/mol. The fourth-order valence-corrected chi connectivity index (χ4v) is 1.97. The predicted octanol–water partition coefficient (Wildman–Crippen LogP) is 0.479. The molecule has 0 aromatic rings. The number of carbonyl (C=O) groups is 1. The van der Waals surface area contributed by atoms with Gasteiger partial charge in [-0.1, -0.05) is 6.92 Å². The number of nitrogens with zero attached hydrogens (tertiary/aromatic N) is 1. The normalized spacial score (nSPS) is 23.9. The van der Waals surface area contributed by atoms with Gasteiger partial charge < -0.3 is 15.0 Å². The van der Waals surface area contributed by atoms with Gasteiger partial charge in [0.2, 0.25) is 5.91 Å². The number of methoxy groups -OCH3 is 1. The van der Waals surface area contributed by atoms with E-state index >= 15 is 0 Å². The van der Waals surface area contributed by atoms with E-state index in [1.807, 2.05) is 11.8 Å². The highest BCUT2D eigenvalue weighted by Gasteiger charge is 2.23. The minimum absolute atomic E-state index is 0.258. The summed E-state index contributed by atoms with van der Waals surface area (Å²) in [7, 11) is 1.68. The lowest BCUT2D eigenvalue weighted by Gasteiger charge is -2.34. The molecule has 0 aromatic carbocycles. The largest absolute Gasteiger partial charge is 0.384 e. The van der Waals surface area contributed by atoms with Crippen LogP contribution in [-0.2, 0) is 9.53 Å². The summed E-state index contributed by atoms with van der Waals surface area (Å²) in [6.07, 6.45) is 0.595. The molecule has 1 saturated heterocycles. The van der Waals surface area contributed by atoms with Crippen LogP contribution in [0.2, 0.25) is 0 Å². The van der Waals surface area contributed by atoms with Crippen molar-refractivity contribution in [1.29, 1.82) is 0 Å². The second-order valence-electron chi connectivity index (χ2n) is 4.40. The average Bonchev–Trinajstić information content (AvgIpc) is 2.18. The molecular formula is C11H22N2O2. The van der Waals surface area contributed by atoms with Gasteiger partial charge in [0.15, 0.2) is 0 Å². The van der Waals surface area contributed by atoms with Gasteiger partial charge in [-0.05, 0) is 12.8 Å². The highest BCUT2D eigenvalue weighted by atomic mass is 16.5. The molecule has 2 atom stereocenters. The molecule has 15 heavy (non-hydrogen) atoms. The van der Waals surface area contributed by atoms with Crippen molar-refractivity contribution in [1.82, 2.24) is 10.2 Å². The summed E-state index contributed by atoms with van der Waals surface area (Å²) in [6, 6.07) is 0.320. The Balaban J connectivity index is 2.37. The number of piperazine rings is 1. The second-order valence-corrected chi connectivity index (χ2v) is 4.40. The number of nitrogens with one attached hydrogen (secondary N) is 1. The van der Waals surface area contributed by atoms with E-state index in [2.05, 4.69) is 12.2 Å². The molecule has 1 aliphatic rings. The number of amides is 1. The zero-order valence-corrected chi connectivity index (χ0v) is 9.95. The van der Waals surface area contributed by atoms with E-state index < -0.39 is 0 Å². The molecule has 1 N–H and O–H groups in total. The molecule has 0 aromatic heterocycles. The maximum Gasteiger partial charge on any atom is 0.223 e. The molecule has 0 radical (unpaired) electrons. The SMILES string of the molecule is COCC(C)CC(=O)N1CCNC[C@@H]1C. The van der Waals surface area contributed by atoms with Crippen molar-refractivity contribution >= 4 is 5.91 Å². The van der Waals surface area contributed by atoms with Crippen LogP contribution in [0.4, 0.5) is 0 Å². The first kappa shape index (κ1) is 12.5. The van der Waals surface area contributed by atoms with E-state index in [0.29, 0.717) is 25.0 Å². The van der Waals surface area contributed by atoms with Gasteiger partial charge in [-0.2, -0.15) is 0 Å². The third-order valence-electron chi connectivity index (χ3n) is 2.80. The van der Waals surface area contributed by atoms with Crippen molar-refractivity contribution in [2.45, 2.75) is 26.3 Å². The van der Waals surface area contributed by atoms with E-state index in [1.54, 1.807) is 7.11 Å². The number of carbonyl (C=O) groups excluding carboxylic acids is 1. The molecule has 0 bridgehead atoms. The molecule has 1 aliphatic heterocycles. The standard InChI is InChI=1S/C11H22N2O2/c1-9(8-15-3)6-11(14)13-5-4-12-7-10(13)2/h9-10,12H,4-8H2,1-3H3/t9?,10-/m0/s1. The quantitative estimate of drug-likeness (QED) is 0.740. The maximum atomic E-state index is 11.9. The first-order chi connectivity index (χ1) is 7.15. The van der Waals surface area contributed by atoms with Crippen molar-refractivity contribution in [2.24, 2.45) is 5.92 Å². The van der Waals surface area contributed by atoms with Crippen molar-refractivity contribution < 1.29 is 9.53 Å². The van der Waals surface area contributed by atoms with E-state index in [0.717, 1.165) is 19.6 Å². The molecular weight excluding hydrogens is 192 g/mol. The number of rotatable bonds is 4. The number of ether oxygens (including phenoxy) is 1. The fraction of sp³-hybridized carbons (Fsp3) is 0.909. The molecule has 1 amide bonds. The highest BCUT2D eigenvalue weighted by Crippen LogP contribution is 2.10. The molecule has 1 heterocycles. The van der Waals surface area contributed by atoms with Crippen LogP contribution in [-0.4, -0.2) is 50.2 Å². The summed E-state index contributed by atoms with van der Waals surface area (Å²) >= 11 is 0. The second kappa shape index (κ2) is 6.08. The Hall–Kier alpha value is -0.610. The average molecular weight is 214 g/mol. The van der Waals surface area contributed by atoms with Gasteiger partial charge in [0.05, 0.1) is 0 Å². The number of hydrogen-bond acceptors (Lipinski definition) is 3. The zero-order chi connectivity index (χ0) is 11.3. The van der Waals surface area contributed by atoms with Crippen LogP contribution in [0.3, 0.4) is 0 Å². The molecule has 1 unspecified atom stereocenters. The minimum Gasteiger partial charge on any atom is -0.384 e. The van der Waals surface area contributed by atoms with Crippen molar-refractivity contribution in [3.05, 3.63) is 0 Å². The Labute approximate surface area is 92.0 Å². The van der Waals surface area contributed by atoms with Crippen LogP contribution in [0.1, 0.15) is 20.3 Å². The highest BCUT2D eigenvalue weighted by molar-refractivity contribution is 5.76. The lowest BCUT2D eigenvalue weighted by molar-refractivity contribution is -0.135. The Bertz CT molecular complexity index is 209. The van der Waals surface area contributed by atoms with Crippen LogP contribution in [0, 0.1) is 5.92 Å². The number of hydrogen-bond donors (Lipinski definition) is 1. The van der Waals surface area contributed by atoms with E-state index in [4.69, 9.17) is 4.74 Å². The monoisotopic (exact) mass is 214 g/mol. The topological polar surface area (TPSA) is 41.6 Å². The van der Waals surface area contributed by atoms with Gasteiger partial charge >= 0.3 is 0 Å². The summed E-state index contributed by atoms with van der Waals surface area (Å²) in [5.74, 6) is 0.568. The molecule has 88 valence electrons. The van der Waals surface area contributed by atoms with Gasteiger partial charge in [-0.3, -0.25) is 4.79 Å². The Morgan fingerprint density at radius 2 is 2.40 bits per heavy atom. The molecule has 1 rings (SSSR count). The Kier molecular flexibility index (Phi) is 5.05. The van der Waals surface area contributed by atoms with Gasteiger partial charge in [0, 0.05) is 45.8 Å². The van der Waals surface area contributed by atoms with Crippen LogP contribution in [0.15, 0.2) is 0 Å². The summed E-state index contributed by atoms with van der Waals surface area (Å²) < 4.78 is 5.04. The van der Waals surface area contributed by atoms with Gasteiger partial charge in [0.25, 0.3) is 0 Å². The maximum absolute atomic E-state index is 11.9. The molecule has 0 saturated carbocycles. The van der Waals surface area contributed by atoms with Crippen LogP contribution in [0.5, 0.6) is 0 Å². The minimum atomic E-state index is 0.258. The van der Waals surface area contributed by atoms with Crippen LogP contribution < -0.4 is 5.32 Å². The summed E-state index contributed by atoms with van der Waals surface area (Å²) in [6.45, 7) is 7.45. The fourth-order valence-electron chi connectivity index (χ4n) is 1.97. The molecule has 4 heteroatoms. The van der Waals surface area contributed by atoms with Gasteiger partial charge in [0.1, 0.15) is 0 Å². The zero-order valence-electron chi connectivity index (χ0n) is 9.95.